The molecule has 100 valence electrons. The summed E-state index contributed by atoms with van der Waals surface area (Å²) in [7, 11) is 0. The molecule has 18 heavy (non-hydrogen) atoms. The van der Waals surface area contributed by atoms with Crippen LogP contribution in [0.1, 0.15) is 26.2 Å². The van der Waals surface area contributed by atoms with Gasteiger partial charge in [0.15, 0.2) is 0 Å². The van der Waals surface area contributed by atoms with E-state index in [2.05, 4.69) is 11.9 Å². The average molecular weight is 251 g/mol. The molecule has 1 aliphatic rings. The minimum absolute atomic E-state index is 0.151. The number of ether oxygens (including phenoxy) is 1. The summed E-state index contributed by atoms with van der Waals surface area (Å²) in [5, 5.41) is 0. The molecule has 0 radical (unpaired) electrons. The SMILES string of the molecule is CCCO[C@H]1CCCN(C(=O)Cn2ccnc2)C1. The van der Waals surface area contributed by atoms with Gasteiger partial charge in [-0.3, -0.25) is 4.79 Å². The number of aromatic nitrogens is 2. The Bertz CT molecular complexity index is 364. The molecule has 5 heteroatoms. The van der Waals surface area contributed by atoms with Gasteiger partial charge < -0.3 is 14.2 Å². The zero-order valence-corrected chi connectivity index (χ0v) is 10.9. The van der Waals surface area contributed by atoms with Gasteiger partial charge >= 0.3 is 0 Å². The van der Waals surface area contributed by atoms with Gasteiger partial charge in [0.25, 0.3) is 0 Å². The summed E-state index contributed by atoms with van der Waals surface area (Å²) in [5.41, 5.74) is 0. The Balaban J connectivity index is 1.82. The molecule has 0 bridgehead atoms. The van der Waals surface area contributed by atoms with Crippen LogP contribution >= 0.6 is 0 Å². The molecule has 0 N–H and O–H groups in total. The van der Waals surface area contributed by atoms with Gasteiger partial charge in [-0.15, -0.1) is 0 Å². The largest absolute Gasteiger partial charge is 0.376 e. The summed E-state index contributed by atoms with van der Waals surface area (Å²) in [5.74, 6) is 0.151. The molecule has 1 aromatic rings. The predicted octanol–water partition coefficient (Wildman–Crippen LogP) is 1.30. The molecule has 1 saturated heterocycles. The number of amides is 1. The summed E-state index contributed by atoms with van der Waals surface area (Å²) in [6.45, 7) is 4.84. The number of hydrogen-bond donors (Lipinski definition) is 0. The van der Waals surface area contributed by atoms with E-state index >= 15 is 0 Å². The molecule has 1 aliphatic heterocycles. The minimum atomic E-state index is 0.151. The number of piperidine rings is 1. The van der Waals surface area contributed by atoms with Gasteiger partial charge in [0.05, 0.1) is 12.4 Å². The number of nitrogens with zero attached hydrogens (tertiary/aromatic N) is 3. The molecule has 0 unspecified atom stereocenters. The highest BCUT2D eigenvalue weighted by atomic mass is 16.5. The van der Waals surface area contributed by atoms with E-state index in [0.29, 0.717) is 6.54 Å². The van der Waals surface area contributed by atoms with Crippen molar-refractivity contribution in [3.8, 4) is 0 Å². The summed E-state index contributed by atoms with van der Waals surface area (Å²) >= 11 is 0. The lowest BCUT2D eigenvalue weighted by Gasteiger charge is -2.32. The third-order valence-corrected chi connectivity index (χ3v) is 3.17. The Labute approximate surface area is 108 Å². The highest BCUT2D eigenvalue weighted by Gasteiger charge is 2.23. The van der Waals surface area contributed by atoms with Crippen LogP contribution in [0.4, 0.5) is 0 Å². The van der Waals surface area contributed by atoms with E-state index in [1.54, 1.807) is 17.1 Å². The monoisotopic (exact) mass is 251 g/mol. The number of hydrogen-bond acceptors (Lipinski definition) is 3. The van der Waals surface area contributed by atoms with Crippen molar-refractivity contribution in [3.63, 3.8) is 0 Å². The third kappa shape index (κ3) is 3.57. The first-order valence-corrected chi connectivity index (χ1v) is 6.64. The molecular weight excluding hydrogens is 230 g/mol. The standard InChI is InChI=1S/C13H21N3O2/c1-2-8-18-12-4-3-6-16(9-12)13(17)10-15-7-5-14-11-15/h5,7,11-12H,2-4,6,8-10H2,1H3/t12-/m0/s1. The molecule has 0 saturated carbocycles. The molecule has 0 aromatic carbocycles. The Morgan fingerprint density at radius 3 is 3.17 bits per heavy atom. The molecular formula is C13H21N3O2. The molecule has 1 fully saturated rings. The van der Waals surface area contributed by atoms with Crippen molar-refractivity contribution >= 4 is 5.91 Å². The lowest BCUT2D eigenvalue weighted by atomic mass is 10.1. The molecule has 1 aromatic heterocycles. The second-order valence-corrected chi connectivity index (χ2v) is 4.71. The Hall–Kier alpha value is -1.36. The van der Waals surface area contributed by atoms with Crippen molar-refractivity contribution in [2.75, 3.05) is 19.7 Å². The van der Waals surface area contributed by atoms with Gasteiger partial charge in [-0.1, -0.05) is 6.92 Å². The Kier molecular flexibility index (Phi) is 4.75. The summed E-state index contributed by atoms with van der Waals surface area (Å²) in [6.07, 6.45) is 8.51. The first kappa shape index (κ1) is 13.1. The fourth-order valence-electron chi connectivity index (χ4n) is 2.22. The van der Waals surface area contributed by atoms with Crippen LogP contribution in [-0.2, 0) is 16.1 Å². The van der Waals surface area contributed by atoms with E-state index < -0.39 is 0 Å². The van der Waals surface area contributed by atoms with E-state index in [-0.39, 0.29) is 12.0 Å². The molecule has 0 spiro atoms. The van der Waals surface area contributed by atoms with Crippen LogP contribution < -0.4 is 0 Å². The topological polar surface area (TPSA) is 47.4 Å². The van der Waals surface area contributed by atoms with E-state index in [4.69, 9.17) is 4.74 Å². The number of carbonyl (C=O) groups excluding carboxylic acids is 1. The first-order chi connectivity index (χ1) is 8.79. The van der Waals surface area contributed by atoms with Gasteiger partial charge in [-0.25, -0.2) is 4.98 Å². The van der Waals surface area contributed by atoms with Crippen LogP contribution in [0.25, 0.3) is 0 Å². The number of carbonyl (C=O) groups is 1. The predicted molar refractivity (Wildman–Crippen MR) is 68.1 cm³/mol. The fraction of sp³-hybridized carbons (Fsp3) is 0.692. The lowest BCUT2D eigenvalue weighted by Crippen LogP contribution is -2.44. The third-order valence-electron chi connectivity index (χ3n) is 3.17. The maximum atomic E-state index is 12.1. The van der Waals surface area contributed by atoms with Gasteiger partial charge in [0.2, 0.25) is 5.91 Å². The van der Waals surface area contributed by atoms with E-state index in [9.17, 15) is 4.79 Å². The molecule has 1 atom stereocenters. The molecule has 0 aliphatic carbocycles. The van der Waals surface area contributed by atoms with Crippen LogP contribution in [0, 0.1) is 0 Å². The second kappa shape index (κ2) is 6.54. The quantitative estimate of drug-likeness (QED) is 0.792. The average Bonchev–Trinajstić information content (AvgIpc) is 2.89. The maximum Gasteiger partial charge on any atom is 0.242 e. The highest BCUT2D eigenvalue weighted by Crippen LogP contribution is 2.14. The normalized spacial score (nSPS) is 20.1. The van der Waals surface area contributed by atoms with E-state index in [0.717, 1.165) is 39.0 Å². The Morgan fingerprint density at radius 1 is 1.56 bits per heavy atom. The van der Waals surface area contributed by atoms with Gasteiger partial charge in [0, 0.05) is 32.1 Å². The van der Waals surface area contributed by atoms with Crippen LogP contribution in [0.3, 0.4) is 0 Å². The molecule has 1 amide bonds. The van der Waals surface area contributed by atoms with Crippen molar-refractivity contribution in [2.24, 2.45) is 0 Å². The summed E-state index contributed by atoms with van der Waals surface area (Å²) < 4.78 is 7.54. The zero-order chi connectivity index (χ0) is 12.8. The number of rotatable bonds is 5. The Morgan fingerprint density at radius 2 is 2.44 bits per heavy atom. The van der Waals surface area contributed by atoms with Crippen molar-refractivity contribution in [1.82, 2.24) is 14.5 Å². The van der Waals surface area contributed by atoms with Crippen molar-refractivity contribution in [1.29, 1.82) is 0 Å². The zero-order valence-electron chi connectivity index (χ0n) is 10.9. The highest BCUT2D eigenvalue weighted by molar-refractivity contribution is 5.76. The summed E-state index contributed by atoms with van der Waals surface area (Å²) in [4.78, 5) is 18.0. The van der Waals surface area contributed by atoms with Crippen molar-refractivity contribution < 1.29 is 9.53 Å². The number of likely N-dealkylation sites (tertiary alicyclic amines) is 1. The van der Waals surface area contributed by atoms with E-state index in [1.807, 2.05) is 11.1 Å². The molecule has 2 rings (SSSR count). The second-order valence-electron chi connectivity index (χ2n) is 4.71. The van der Waals surface area contributed by atoms with Crippen molar-refractivity contribution in [3.05, 3.63) is 18.7 Å². The van der Waals surface area contributed by atoms with E-state index in [1.165, 1.54) is 0 Å². The van der Waals surface area contributed by atoms with Crippen LogP contribution in [-0.4, -0.2) is 46.2 Å². The smallest absolute Gasteiger partial charge is 0.242 e. The lowest BCUT2D eigenvalue weighted by molar-refractivity contribution is -0.136. The molecule has 5 nitrogen and oxygen atoms in total. The van der Waals surface area contributed by atoms with Crippen LogP contribution in [0.2, 0.25) is 0 Å². The molecule has 2 heterocycles. The van der Waals surface area contributed by atoms with Gasteiger partial charge in [-0.05, 0) is 19.3 Å². The fourth-order valence-corrected chi connectivity index (χ4v) is 2.22. The maximum absolute atomic E-state index is 12.1. The first-order valence-electron chi connectivity index (χ1n) is 6.64. The van der Waals surface area contributed by atoms with Crippen molar-refractivity contribution in [2.45, 2.75) is 38.8 Å². The number of imidazole rings is 1. The summed E-state index contributed by atoms with van der Waals surface area (Å²) in [6, 6.07) is 0. The van der Waals surface area contributed by atoms with Crippen LogP contribution in [0.15, 0.2) is 18.7 Å². The van der Waals surface area contributed by atoms with Gasteiger partial charge in [-0.2, -0.15) is 0 Å². The minimum Gasteiger partial charge on any atom is -0.376 e. The van der Waals surface area contributed by atoms with Gasteiger partial charge in [0.1, 0.15) is 6.54 Å². The van der Waals surface area contributed by atoms with Crippen LogP contribution in [0.5, 0.6) is 0 Å².